The van der Waals surface area contributed by atoms with Crippen LogP contribution in [0, 0.1) is 13.8 Å². The molecule has 0 bridgehead atoms. The topological polar surface area (TPSA) is 64.6 Å². The van der Waals surface area contributed by atoms with Crippen molar-refractivity contribution >= 4 is 45.9 Å². The number of hydrogen-bond donors (Lipinski definition) is 1. The normalized spacial score (nSPS) is 10.9. The van der Waals surface area contributed by atoms with E-state index in [0.29, 0.717) is 22.2 Å². The van der Waals surface area contributed by atoms with Crippen LogP contribution in [-0.4, -0.2) is 18.5 Å². The van der Waals surface area contributed by atoms with Crippen molar-refractivity contribution in [3.05, 3.63) is 111 Å². The van der Waals surface area contributed by atoms with Gasteiger partial charge in [0.2, 0.25) is 5.91 Å². The van der Waals surface area contributed by atoms with Crippen LogP contribution in [0.15, 0.2) is 78.9 Å². The van der Waals surface area contributed by atoms with Gasteiger partial charge in [-0.1, -0.05) is 65.7 Å². The second-order valence-corrected chi connectivity index (χ2v) is 10.3. The lowest BCUT2D eigenvalue weighted by Crippen LogP contribution is -2.12. The van der Waals surface area contributed by atoms with E-state index in [-0.39, 0.29) is 12.5 Å². The van der Waals surface area contributed by atoms with Gasteiger partial charge in [-0.3, -0.25) is 4.79 Å². The van der Waals surface area contributed by atoms with E-state index >= 15 is 0 Å². The zero-order valence-electron chi connectivity index (χ0n) is 21.4. The van der Waals surface area contributed by atoms with Gasteiger partial charge in [-0.2, -0.15) is 0 Å². The number of ether oxygens (including phenoxy) is 2. The highest BCUT2D eigenvalue weighted by Crippen LogP contribution is 2.40. The molecule has 0 fully saturated rings. The molecular weight excluding hydrogens is 518 g/mol. The van der Waals surface area contributed by atoms with Gasteiger partial charge in [0.1, 0.15) is 22.9 Å². The van der Waals surface area contributed by atoms with Gasteiger partial charge in [-0.05, 0) is 67.8 Å². The van der Waals surface area contributed by atoms with E-state index in [4.69, 9.17) is 21.1 Å². The van der Waals surface area contributed by atoms with Crippen molar-refractivity contribution in [3.8, 4) is 16.9 Å². The zero-order chi connectivity index (χ0) is 27.1. The third-order valence-corrected chi connectivity index (χ3v) is 7.04. The third-order valence-electron chi connectivity index (χ3n) is 5.77. The molecular formula is C31H28ClNO4S. The Morgan fingerprint density at radius 1 is 0.947 bits per heavy atom. The lowest BCUT2D eigenvalue weighted by atomic mass is 10.0. The number of halogens is 1. The quantitative estimate of drug-likeness (QED) is 0.170. The smallest absolute Gasteiger partial charge is 0.341 e. The van der Waals surface area contributed by atoms with Gasteiger partial charge in [-0.15, -0.1) is 11.3 Å². The van der Waals surface area contributed by atoms with Crippen molar-refractivity contribution in [1.29, 1.82) is 0 Å². The van der Waals surface area contributed by atoms with Gasteiger partial charge in [0.05, 0.1) is 6.61 Å². The Labute approximate surface area is 231 Å². The molecule has 1 amide bonds. The minimum absolute atomic E-state index is 0.228. The van der Waals surface area contributed by atoms with Gasteiger partial charge in [0.15, 0.2) is 0 Å². The van der Waals surface area contributed by atoms with E-state index in [0.717, 1.165) is 32.9 Å². The van der Waals surface area contributed by atoms with Crippen molar-refractivity contribution < 1.29 is 19.1 Å². The molecule has 0 unspecified atom stereocenters. The molecule has 0 spiro atoms. The van der Waals surface area contributed by atoms with Crippen LogP contribution in [0.5, 0.6) is 5.75 Å². The maximum atomic E-state index is 12.9. The van der Waals surface area contributed by atoms with Crippen LogP contribution in [0.4, 0.5) is 5.00 Å². The minimum Gasteiger partial charge on any atom is -0.489 e. The number of hydrogen-bond acceptors (Lipinski definition) is 5. The summed E-state index contributed by atoms with van der Waals surface area (Å²) in [5, 5.41) is 3.90. The maximum Gasteiger partial charge on any atom is 0.341 e. The van der Waals surface area contributed by atoms with E-state index < -0.39 is 5.97 Å². The summed E-state index contributed by atoms with van der Waals surface area (Å²) < 4.78 is 11.2. The molecule has 0 aliphatic heterocycles. The first-order chi connectivity index (χ1) is 18.3. The van der Waals surface area contributed by atoms with Crippen LogP contribution in [0.25, 0.3) is 17.2 Å². The predicted molar refractivity (Wildman–Crippen MR) is 155 cm³/mol. The second kappa shape index (κ2) is 12.6. The van der Waals surface area contributed by atoms with Crippen LogP contribution in [-0.2, 0) is 16.1 Å². The summed E-state index contributed by atoms with van der Waals surface area (Å²) in [6, 6.07) is 22.9. The largest absolute Gasteiger partial charge is 0.489 e. The van der Waals surface area contributed by atoms with Gasteiger partial charge >= 0.3 is 5.97 Å². The minimum atomic E-state index is -0.484. The van der Waals surface area contributed by atoms with Gasteiger partial charge in [-0.25, -0.2) is 4.79 Å². The van der Waals surface area contributed by atoms with Crippen LogP contribution < -0.4 is 10.1 Å². The SMILES string of the molecule is CCOC(=O)c1c(NC(=O)/C=C/c2ccc(OCc3ccc(C)cc3)cc2)sc(C)c1-c1ccc(Cl)cc1. The first-order valence-corrected chi connectivity index (χ1v) is 13.4. The fraction of sp³-hybridized carbons (Fsp3) is 0.161. The number of amides is 1. The molecule has 7 heteroatoms. The Hall–Kier alpha value is -3.87. The Kier molecular flexibility index (Phi) is 9.00. The molecule has 0 aliphatic rings. The molecule has 0 radical (unpaired) electrons. The van der Waals surface area contributed by atoms with E-state index in [1.54, 1.807) is 25.1 Å². The highest BCUT2D eigenvalue weighted by molar-refractivity contribution is 7.17. The number of rotatable bonds is 9. The maximum absolute atomic E-state index is 12.9. The molecule has 1 N–H and O–H groups in total. The van der Waals surface area contributed by atoms with E-state index in [1.165, 1.54) is 23.0 Å². The van der Waals surface area contributed by atoms with Crippen molar-refractivity contribution in [2.45, 2.75) is 27.4 Å². The highest BCUT2D eigenvalue weighted by Gasteiger charge is 2.25. The standard InChI is InChI=1S/C31H28ClNO4S/c1-4-36-31(35)29-28(24-12-14-25(32)15-13-24)21(3)38-30(29)33-27(34)18-11-22-9-16-26(17-10-22)37-19-23-7-5-20(2)6-8-23/h5-18H,4,19H2,1-3H3,(H,33,34)/b18-11+. The summed E-state index contributed by atoms with van der Waals surface area (Å²) in [4.78, 5) is 26.5. The molecule has 1 aromatic heterocycles. The highest BCUT2D eigenvalue weighted by atomic mass is 35.5. The summed E-state index contributed by atoms with van der Waals surface area (Å²) in [6.45, 7) is 6.42. The average Bonchev–Trinajstić information content (AvgIpc) is 3.23. The Bertz CT molecular complexity index is 1440. The Balaban J connectivity index is 1.45. The van der Waals surface area contributed by atoms with Gasteiger partial charge in [0.25, 0.3) is 0 Å². The molecule has 3 aromatic carbocycles. The van der Waals surface area contributed by atoms with Gasteiger partial charge in [0, 0.05) is 21.5 Å². The number of anilines is 1. The summed E-state index contributed by atoms with van der Waals surface area (Å²) in [5.74, 6) is -0.0866. The van der Waals surface area contributed by atoms with Crippen molar-refractivity contribution in [2.75, 3.05) is 11.9 Å². The van der Waals surface area contributed by atoms with E-state index in [2.05, 4.69) is 24.4 Å². The van der Waals surface area contributed by atoms with Crippen molar-refractivity contribution in [3.63, 3.8) is 0 Å². The third kappa shape index (κ3) is 6.91. The van der Waals surface area contributed by atoms with E-state index in [1.807, 2.05) is 55.5 Å². The van der Waals surface area contributed by atoms with Crippen molar-refractivity contribution in [1.82, 2.24) is 0 Å². The molecule has 0 aliphatic carbocycles. The van der Waals surface area contributed by atoms with Crippen LogP contribution in [0.2, 0.25) is 5.02 Å². The molecule has 0 atom stereocenters. The van der Waals surface area contributed by atoms with E-state index in [9.17, 15) is 9.59 Å². The average molecular weight is 546 g/mol. The fourth-order valence-electron chi connectivity index (χ4n) is 3.85. The monoisotopic (exact) mass is 545 g/mol. The van der Waals surface area contributed by atoms with Crippen molar-refractivity contribution in [2.24, 2.45) is 0 Å². The predicted octanol–water partition coefficient (Wildman–Crippen LogP) is 8.09. The van der Waals surface area contributed by atoms with Crippen LogP contribution in [0.1, 0.15) is 38.8 Å². The molecule has 5 nitrogen and oxygen atoms in total. The van der Waals surface area contributed by atoms with Gasteiger partial charge < -0.3 is 14.8 Å². The molecule has 1 heterocycles. The summed E-state index contributed by atoms with van der Waals surface area (Å²) in [6.07, 6.45) is 3.15. The summed E-state index contributed by atoms with van der Waals surface area (Å²) in [5.41, 5.74) is 5.05. The number of thiophene rings is 1. The molecule has 194 valence electrons. The Morgan fingerprint density at radius 2 is 1.63 bits per heavy atom. The first kappa shape index (κ1) is 27.2. The molecule has 4 rings (SSSR count). The number of carbonyl (C=O) groups excluding carboxylic acids is 2. The van der Waals surface area contributed by atoms with Crippen LogP contribution in [0.3, 0.4) is 0 Å². The molecule has 0 saturated heterocycles. The molecule has 0 saturated carbocycles. The number of benzene rings is 3. The fourth-order valence-corrected chi connectivity index (χ4v) is 5.04. The number of aryl methyl sites for hydroxylation is 2. The number of nitrogens with one attached hydrogen (secondary N) is 1. The Morgan fingerprint density at radius 3 is 2.29 bits per heavy atom. The molecule has 4 aromatic rings. The number of carbonyl (C=O) groups is 2. The van der Waals surface area contributed by atoms with Crippen LogP contribution >= 0.6 is 22.9 Å². The first-order valence-electron chi connectivity index (χ1n) is 12.2. The zero-order valence-corrected chi connectivity index (χ0v) is 23.0. The lowest BCUT2D eigenvalue weighted by molar-refractivity contribution is -0.111. The summed E-state index contributed by atoms with van der Waals surface area (Å²) in [7, 11) is 0. The lowest BCUT2D eigenvalue weighted by Gasteiger charge is -2.09. The number of esters is 1. The second-order valence-electron chi connectivity index (χ2n) is 8.63. The summed E-state index contributed by atoms with van der Waals surface area (Å²) >= 11 is 7.38. The molecule has 38 heavy (non-hydrogen) atoms.